The van der Waals surface area contributed by atoms with Crippen LogP contribution in [0.1, 0.15) is 30.1 Å². The van der Waals surface area contributed by atoms with E-state index in [2.05, 4.69) is 45.6 Å². The third-order valence-electron chi connectivity index (χ3n) is 5.59. The first-order valence-corrected chi connectivity index (χ1v) is 11.1. The van der Waals surface area contributed by atoms with Gasteiger partial charge in [-0.3, -0.25) is 4.79 Å². The van der Waals surface area contributed by atoms with E-state index in [9.17, 15) is 4.79 Å². The lowest BCUT2D eigenvalue weighted by atomic mass is 10.1. The summed E-state index contributed by atoms with van der Waals surface area (Å²) in [5.41, 5.74) is 1.42. The summed E-state index contributed by atoms with van der Waals surface area (Å²) in [4.78, 5) is 28.2. The lowest BCUT2D eigenvalue weighted by Crippen LogP contribution is -2.36. The van der Waals surface area contributed by atoms with Gasteiger partial charge in [0.2, 0.25) is 5.95 Å². The largest absolute Gasteiger partial charge is 0.486 e. The summed E-state index contributed by atoms with van der Waals surface area (Å²) in [6.07, 6.45) is 9.91. The Morgan fingerprint density at radius 1 is 1.09 bits per heavy atom. The van der Waals surface area contributed by atoms with Crippen LogP contribution in [0.5, 0.6) is 5.75 Å². The van der Waals surface area contributed by atoms with E-state index in [0.717, 1.165) is 31.6 Å². The molecule has 0 amide bonds. The highest BCUT2D eigenvalue weighted by Crippen LogP contribution is 2.23. The molecule has 14 nitrogen and oxygen atoms in total. The molecule has 4 aromatic heterocycles. The highest BCUT2D eigenvalue weighted by atomic mass is 16.5. The van der Waals surface area contributed by atoms with Crippen molar-refractivity contribution in [2.45, 2.75) is 31.9 Å². The van der Waals surface area contributed by atoms with Gasteiger partial charge in [-0.25, -0.2) is 15.0 Å². The number of Topliss-reactive ketones (excluding diaryl/α,β-unsaturated/α-hetero) is 1. The molecule has 4 aromatic rings. The van der Waals surface area contributed by atoms with Crippen LogP contribution >= 0.6 is 0 Å². The number of carbonyl (C=O) groups is 1. The minimum absolute atomic E-state index is 0.137. The summed E-state index contributed by atoms with van der Waals surface area (Å²) in [7, 11) is 0. The molecule has 14 heteroatoms. The van der Waals surface area contributed by atoms with Crippen molar-refractivity contribution >= 4 is 11.7 Å². The lowest BCUT2D eigenvalue weighted by molar-refractivity contribution is -0.121. The Bertz CT molecular complexity index is 1230. The predicted octanol–water partition coefficient (Wildman–Crippen LogP) is -0.0368. The van der Waals surface area contributed by atoms with Crippen molar-refractivity contribution in [1.82, 2.24) is 50.2 Å². The number of tetrazole rings is 1. The quantitative estimate of drug-likeness (QED) is 0.343. The maximum absolute atomic E-state index is 11.4. The number of carbonyl (C=O) groups excluding carboxylic acids is 1. The van der Waals surface area contributed by atoms with Gasteiger partial charge in [-0.1, -0.05) is 0 Å². The summed E-state index contributed by atoms with van der Waals surface area (Å²) < 4.78 is 7.24. The molecule has 1 aliphatic heterocycles. The van der Waals surface area contributed by atoms with E-state index in [1.165, 1.54) is 11.0 Å². The maximum atomic E-state index is 11.4. The Hall–Kier alpha value is -4.33. The SMILES string of the molecule is O=C(CO)Cc1cnc(N2CCC(n3ncc(COc4ccc(-n5cnnn5)nc4)n3)CC2)nc1. The Morgan fingerprint density at radius 2 is 1.91 bits per heavy atom. The molecular weight excluding hydrogens is 454 g/mol. The zero-order valence-corrected chi connectivity index (χ0v) is 18.8. The van der Waals surface area contributed by atoms with Gasteiger partial charge in [-0.15, -0.1) is 5.10 Å². The number of pyridine rings is 1. The number of hydrogen-bond acceptors (Lipinski definition) is 12. The van der Waals surface area contributed by atoms with Crippen molar-refractivity contribution in [3.05, 3.63) is 54.5 Å². The van der Waals surface area contributed by atoms with E-state index in [-0.39, 0.29) is 24.9 Å². The monoisotopic (exact) mass is 477 g/mol. The van der Waals surface area contributed by atoms with Crippen molar-refractivity contribution in [3.8, 4) is 11.6 Å². The van der Waals surface area contributed by atoms with Gasteiger partial charge in [0.15, 0.2) is 11.6 Å². The zero-order chi connectivity index (χ0) is 24.0. The van der Waals surface area contributed by atoms with Gasteiger partial charge >= 0.3 is 0 Å². The van der Waals surface area contributed by atoms with Crippen LogP contribution in [0.2, 0.25) is 0 Å². The number of hydrogen-bond donors (Lipinski definition) is 1. The number of rotatable bonds is 9. The van der Waals surface area contributed by atoms with Gasteiger partial charge in [0.1, 0.15) is 31.0 Å². The Kier molecular flexibility index (Phi) is 6.61. The second-order valence-electron chi connectivity index (χ2n) is 8.03. The third-order valence-corrected chi connectivity index (χ3v) is 5.59. The molecule has 0 aliphatic carbocycles. The van der Waals surface area contributed by atoms with Crippen molar-refractivity contribution in [1.29, 1.82) is 0 Å². The number of nitrogens with zero attached hydrogens (tertiary/aromatic N) is 11. The normalized spacial score (nSPS) is 14.3. The van der Waals surface area contributed by atoms with E-state index < -0.39 is 6.61 Å². The van der Waals surface area contributed by atoms with Crippen LogP contribution in [-0.4, -0.2) is 80.7 Å². The topological polar surface area (TPSA) is 163 Å². The van der Waals surface area contributed by atoms with E-state index >= 15 is 0 Å². The first-order chi connectivity index (χ1) is 17.2. The molecular formula is C21H23N11O3. The molecule has 180 valence electrons. The summed E-state index contributed by atoms with van der Waals surface area (Å²) in [6, 6.07) is 3.74. The van der Waals surface area contributed by atoms with Crippen LogP contribution in [0.3, 0.4) is 0 Å². The average molecular weight is 477 g/mol. The Morgan fingerprint density at radius 3 is 2.60 bits per heavy atom. The van der Waals surface area contributed by atoms with Crippen LogP contribution in [0.25, 0.3) is 5.82 Å². The first-order valence-electron chi connectivity index (χ1n) is 11.1. The molecule has 5 heterocycles. The van der Waals surface area contributed by atoms with Crippen LogP contribution in [0, 0.1) is 0 Å². The fourth-order valence-corrected chi connectivity index (χ4v) is 3.75. The van der Waals surface area contributed by atoms with E-state index in [1.807, 2.05) is 0 Å². The van der Waals surface area contributed by atoms with Gasteiger partial charge in [-0.05, 0) is 41.0 Å². The third kappa shape index (κ3) is 5.43. The van der Waals surface area contributed by atoms with Crippen LogP contribution in [0.4, 0.5) is 5.95 Å². The smallest absolute Gasteiger partial charge is 0.225 e. The van der Waals surface area contributed by atoms with Crippen LogP contribution in [-0.2, 0) is 17.8 Å². The summed E-state index contributed by atoms with van der Waals surface area (Å²) >= 11 is 0. The molecule has 0 atom stereocenters. The molecule has 0 aromatic carbocycles. The van der Waals surface area contributed by atoms with E-state index in [4.69, 9.17) is 9.84 Å². The van der Waals surface area contributed by atoms with Gasteiger partial charge in [0, 0.05) is 31.9 Å². The van der Waals surface area contributed by atoms with Gasteiger partial charge < -0.3 is 14.7 Å². The molecule has 5 rings (SSSR count). The summed E-state index contributed by atoms with van der Waals surface area (Å²) in [5.74, 6) is 1.58. The number of aliphatic hydroxyl groups is 1. The van der Waals surface area contributed by atoms with Crippen molar-refractivity contribution in [3.63, 3.8) is 0 Å². The molecule has 35 heavy (non-hydrogen) atoms. The lowest BCUT2D eigenvalue weighted by Gasteiger charge is -2.31. The average Bonchev–Trinajstić information content (AvgIpc) is 3.61. The number of piperidine rings is 1. The standard InChI is InChI=1S/C21H23N11O3/c33-12-18(34)7-15-8-23-21(24-9-15)30-5-3-17(4-6-30)32-26-10-16(27-32)13-35-19-1-2-20(22-11-19)31-14-25-28-29-31/h1-2,8-11,14,17,33H,3-7,12-13H2. The highest BCUT2D eigenvalue weighted by molar-refractivity contribution is 5.81. The fraction of sp³-hybridized carbons (Fsp3) is 0.381. The molecule has 0 radical (unpaired) electrons. The highest BCUT2D eigenvalue weighted by Gasteiger charge is 2.24. The number of ether oxygens (including phenoxy) is 1. The first kappa shape index (κ1) is 22.5. The maximum Gasteiger partial charge on any atom is 0.225 e. The summed E-state index contributed by atoms with van der Waals surface area (Å²) in [6.45, 7) is 1.35. The molecule has 1 saturated heterocycles. The molecule has 0 bridgehead atoms. The van der Waals surface area contributed by atoms with Crippen LogP contribution in [0.15, 0.2) is 43.2 Å². The molecule has 1 fully saturated rings. The molecule has 1 aliphatic rings. The molecule has 0 unspecified atom stereocenters. The fourth-order valence-electron chi connectivity index (χ4n) is 3.75. The second-order valence-corrected chi connectivity index (χ2v) is 8.03. The number of anilines is 1. The summed E-state index contributed by atoms with van der Waals surface area (Å²) in [5, 5.41) is 28.9. The Balaban J connectivity index is 1.11. The van der Waals surface area contributed by atoms with E-state index in [1.54, 1.807) is 41.7 Å². The van der Waals surface area contributed by atoms with Gasteiger partial charge in [-0.2, -0.15) is 19.7 Å². The van der Waals surface area contributed by atoms with Gasteiger partial charge in [0.25, 0.3) is 0 Å². The van der Waals surface area contributed by atoms with Crippen LogP contribution < -0.4 is 9.64 Å². The number of aliphatic hydroxyl groups excluding tert-OH is 1. The number of aromatic nitrogens is 10. The zero-order valence-electron chi connectivity index (χ0n) is 18.8. The van der Waals surface area contributed by atoms with Crippen molar-refractivity contribution < 1.29 is 14.6 Å². The minimum atomic E-state index is -0.474. The van der Waals surface area contributed by atoms with Crippen molar-refractivity contribution in [2.24, 2.45) is 0 Å². The van der Waals surface area contributed by atoms with Crippen molar-refractivity contribution in [2.75, 3.05) is 24.6 Å². The van der Waals surface area contributed by atoms with E-state index in [0.29, 0.717) is 23.1 Å². The predicted molar refractivity (Wildman–Crippen MR) is 120 cm³/mol. The minimum Gasteiger partial charge on any atom is -0.486 e. The second kappa shape index (κ2) is 10.3. The van der Waals surface area contributed by atoms with Gasteiger partial charge in [0.05, 0.1) is 18.4 Å². The molecule has 0 spiro atoms. The molecule has 0 saturated carbocycles. The Labute approximate surface area is 199 Å². The molecule has 1 N–H and O–H groups in total. The number of ketones is 1.